The molecule has 0 saturated heterocycles. The second-order valence-electron chi connectivity index (χ2n) is 4.65. The lowest BCUT2D eigenvalue weighted by atomic mass is 9.34. The number of nitrogens with zero attached hydrogens (tertiary/aromatic N) is 1. The van der Waals surface area contributed by atoms with Crippen LogP contribution in [0.3, 0.4) is 0 Å². The van der Waals surface area contributed by atoms with E-state index in [0.717, 1.165) is 25.0 Å². The average molecular weight is 208 g/mol. The van der Waals surface area contributed by atoms with Crippen molar-refractivity contribution in [3.63, 3.8) is 0 Å². The number of methoxy groups -OCH3 is 1. The Balaban J connectivity index is 1.78. The third kappa shape index (κ3) is 0.879. The van der Waals surface area contributed by atoms with Crippen LogP contribution >= 0.6 is 0 Å². The Bertz CT molecular complexity index is 418. The van der Waals surface area contributed by atoms with E-state index in [2.05, 4.69) is 4.98 Å². The summed E-state index contributed by atoms with van der Waals surface area (Å²) in [6.07, 6.45) is 4.05. The monoisotopic (exact) mass is 208 g/mol. The second kappa shape index (κ2) is 2.35. The zero-order valence-corrected chi connectivity index (χ0v) is 8.45. The van der Waals surface area contributed by atoms with Crippen LogP contribution in [0.5, 0.6) is 0 Å². The molecule has 1 aromatic rings. The maximum atomic E-state index is 11.4. The minimum atomic E-state index is -0.234. The minimum Gasteiger partial charge on any atom is -0.469 e. The van der Waals surface area contributed by atoms with E-state index in [4.69, 9.17) is 14.9 Å². The summed E-state index contributed by atoms with van der Waals surface area (Å²) in [5, 5.41) is 0. The Morgan fingerprint density at radius 1 is 1.60 bits per heavy atom. The third-order valence-corrected chi connectivity index (χ3v) is 3.71. The third-order valence-electron chi connectivity index (χ3n) is 3.71. The molecule has 0 spiro atoms. The van der Waals surface area contributed by atoms with Crippen molar-refractivity contribution in [3.8, 4) is 0 Å². The molecule has 0 radical (unpaired) electrons. The van der Waals surface area contributed by atoms with Gasteiger partial charge in [-0.15, -0.1) is 0 Å². The van der Waals surface area contributed by atoms with Crippen molar-refractivity contribution in [1.82, 2.24) is 4.98 Å². The Kier molecular flexibility index (Phi) is 1.37. The molecule has 15 heavy (non-hydrogen) atoms. The van der Waals surface area contributed by atoms with Crippen LogP contribution in [0, 0.1) is 5.41 Å². The fraction of sp³-hybridized carbons (Fsp3) is 0.600. The number of nitrogens with two attached hydrogens (primary N) is 1. The molecule has 2 bridgehead atoms. The molecule has 0 atom stereocenters. The van der Waals surface area contributed by atoms with Crippen molar-refractivity contribution in [3.05, 3.63) is 12.0 Å². The highest BCUT2D eigenvalue weighted by Crippen LogP contribution is 2.73. The summed E-state index contributed by atoms with van der Waals surface area (Å²) in [4.78, 5) is 15.6. The van der Waals surface area contributed by atoms with Gasteiger partial charge in [-0.2, -0.15) is 4.98 Å². The van der Waals surface area contributed by atoms with Gasteiger partial charge in [0.2, 0.25) is 0 Å². The van der Waals surface area contributed by atoms with Gasteiger partial charge in [-0.3, -0.25) is 4.79 Å². The number of carbonyl (C=O) groups excluding carboxylic acids is 1. The van der Waals surface area contributed by atoms with Gasteiger partial charge < -0.3 is 14.9 Å². The van der Waals surface area contributed by atoms with E-state index < -0.39 is 0 Å². The molecular formula is C10H12N2O3. The lowest BCUT2D eigenvalue weighted by molar-refractivity contribution is -0.198. The van der Waals surface area contributed by atoms with E-state index in [-0.39, 0.29) is 22.8 Å². The van der Waals surface area contributed by atoms with Gasteiger partial charge in [-0.1, -0.05) is 0 Å². The highest BCUT2D eigenvalue weighted by atomic mass is 16.5. The largest absolute Gasteiger partial charge is 0.469 e. The molecule has 1 heterocycles. The maximum absolute atomic E-state index is 11.4. The number of aromatic nitrogens is 1. The van der Waals surface area contributed by atoms with E-state index in [9.17, 15) is 4.79 Å². The van der Waals surface area contributed by atoms with Crippen molar-refractivity contribution >= 4 is 12.0 Å². The summed E-state index contributed by atoms with van der Waals surface area (Å²) < 4.78 is 9.76. The van der Waals surface area contributed by atoms with E-state index in [1.165, 1.54) is 7.11 Å². The molecule has 3 saturated carbocycles. The first-order valence-corrected chi connectivity index (χ1v) is 4.90. The fourth-order valence-corrected chi connectivity index (χ4v) is 3.02. The molecule has 2 N–H and O–H groups in total. The van der Waals surface area contributed by atoms with Gasteiger partial charge in [0.15, 0.2) is 0 Å². The number of esters is 1. The molecule has 4 rings (SSSR count). The van der Waals surface area contributed by atoms with Gasteiger partial charge in [-0.05, 0) is 19.3 Å². The highest BCUT2D eigenvalue weighted by molar-refractivity contribution is 5.82. The van der Waals surface area contributed by atoms with Crippen LogP contribution in [-0.4, -0.2) is 18.1 Å². The smallest absolute Gasteiger partial charge is 0.311 e. The topological polar surface area (TPSA) is 78.3 Å². The van der Waals surface area contributed by atoms with Crippen LogP contribution < -0.4 is 5.73 Å². The zero-order valence-electron chi connectivity index (χ0n) is 8.45. The molecule has 3 fully saturated rings. The number of hydrogen-bond donors (Lipinski definition) is 1. The minimum absolute atomic E-state index is 0.0370. The van der Waals surface area contributed by atoms with Gasteiger partial charge in [0.25, 0.3) is 6.01 Å². The van der Waals surface area contributed by atoms with Crippen molar-refractivity contribution < 1.29 is 13.9 Å². The fourth-order valence-electron chi connectivity index (χ4n) is 3.02. The van der Waals surface area contributed by atoms with Crippen molar-refractivity contribution in [2.45, 2.75) is 24.7 Å². The Morgan fingerprint density at radius 3 is 2.73 bits per heavy atom. The van der Waals surface area contributed by atoms with Crippen LogP contribution in [0.2, 0.25) is 0 Å². The van der Waals surface area contributed by atoms with Crippen molar-refractivity contribution in [1.29, 1.82) is 0 Å². The molecule has 0 amide bonds. The van der Waals surface area contributed by atoms with Crippen LogP contribution in [0.4, 0.5) is 6.01 Å². The Labute approximate surface area is 86.6 Å². The molecule has 3 aliphatic carbocycles. The van der Waals surface area contributed by atoms with E-state index in [1.807, 2.05) is 0 Å². The normalized spacial score (nSPS) is 36.6. The quantitative estimate of drug-likeness (QED) is 0.729. The number of anilines is 1. The van der Waals surface area contributed by atoms with Crippen LogP contribution in [0.25, 0.3) is 0 Å². The summed E-state index contributed by atoms with van der Waals surface area (Å²) in [7, 11) is 1.43. The molecule has 80 valence electrons. The summed E-state index contributed by atoms with van der Waals surface area (Å²) in [5.74, 6) is -0.0964. The predicted octanol–water partition coefficient (Wildman–Crippen LogP) is 0.852. The molecule has 0 unspecified atom stereocenters. The van der Waals surface area contributed by atoms with Gasteiger partial charge in [0, 0.05) is 5.41 Å². The van der Waals surface area contributed by atoms with Gasteiger partial charge in [-0.25, -0.2) is 0 Å². The standard InChI is InChI=1S/C10H12N2O3/c1-14-7(13)10-3-9(4-10,5-10)6-2-15-8(11)12-6/h2H,3-5H2,1H3,(H2,11,12). The maximum Gasteiger partial charge on any atom is 0.311 e. The van der Waals surface area contributed by atoms with Gasteiger partial charge in [0.05, 0.1) is 18.2 Å². The van der Waals surface area contributed by atoms with Gasteiger partial charge >= 0.3 is 5.97 Å². The van der Waals surface area contributed by atoms with E-state index >= 15 is 0 Å². The van der Waals surface area contributed by atoms with Crippen molar-refractivity contribution in [2.75, 3.05) is 12.8 Å². The first-order valence-electron chi connectivity index (χ1n) is 4.90. The lowest BCUT2D eigenvalue weighted by Crippen LogP contribution is -2.68. The molecule has 5 heteroatoms. The summed E-state index contributed by atoms with van der Waals surface area (Å²) in [6.45, 7) is 0. The predicted molar refractivity (Wildman–Crippen MR) is 50.9 cm³/mol. The number of ether oxygens (including phenoxy) is 1. The number of hydrogen-bond acceptors (Lipinski definition) is 5. The number of oxazole rings is 1. The second-order valence-corrected chi connectivity index (χ2v) is 4.65. The highest BCUT2D eigenvalue weighted by Gasteiger charge is 2.73. The first kappa shape index (κ1) is 8.76. The molecule has 0 aromatic carbocycles. The van der Waals surface area contributed by atoms with E-state index in [0.29, 0.717) is 0 Å². The van der Waals surface area contributed by atoms with Crippen LogP contribution in [0.15, 0.2) is 10.7 Å². The zero-order chi connectivity index (χ0) is 10.7. The molecule has 0 aliphatic heterocycles. The first-order chi connectivity index (χ1) is 7.10. The molecular weight excluding hydrogens is 196 g/mol. The summed E-state index contributed by atoms with van der Waals surface area (Å²) in [6, 6.07) is 0.196. The number of carbonyl (C=O) groups is 1. The van der Waals surface area contributed by atoms with Crippen LogP contribution in [0.1, 0.15) is 25.0 Å². The Hall–Kier alpha value is -1.52. The summed E-state index contributed by atoms with van der Waals surface area (Å²) >= 11 is 0. The SMILES string of the molecule is COC(=O)C12CC(c3coc(N)n3)(C1)C2. The van der Waals surface area contributed by atoms with Crippen LogP contribution in [-0.2, 0) is 14.9 Å². The van der Waals surface area contributed by atoms with Crippen molar-refractivity contribution in [2.24, 2.45) is 5.41 Å². The average Bonchev–Trinajstić information content (AvgIpc) is 2.47. The molecule has 5 nitrogen and oxygen atoms in total. The molecule has 1 aromatic heterocycles. The number of rotatable bonds is 2. The van der Waals surface area contributed by atoms with Gasteiger partial charge in [0.1, 0.15) is 6.26 Å². The Morgan fingerprint density at radius 2 is 2.27 bits per heavy atom. The van der Waals surface area contributed by atoms with E-state index in [1.54, 1.807) is 6.26 Å². The molecule has 3 aliphatic rings. The number of nitrogen functional groups attached to an aromatic ring is 1. The summed E-state index contributed by atoms with van der Waals surface area (Å²) in [5.41, 5.74) is 6.10. The lowest BCUT2D eigenvalue weighted by Gasteiger charge is -2.67.